The van der Waals surface area contributed by atoms with Crippen LogP contribution in [0.15, 0.2) is 23.2 Å². The second-order valence-corrected chi connectivity index (χ2v) is 5.40. The lowest BCUT2D eigenvalue weighted by Gasteiger charge is -2.08. The largest absolute Gasteiger partial charge is 0.370 e. The van der Waals surface area contributed by atoms with Gasteiger partial charge in [-0.3, -0.25) is 4.68 Å². The standard InChI is InChI=1S/C16H23N5/c1-10-6-7-14(8-11(10)2)19-16(17)18-9-15-12(3)20-21(5)13(15)4/h6-8H,9H2,1-5H3,(H3,17,18,19). The van der Waals surface area contributed by atoms with E-state index in [1.165, 1.54) is 11.1 Å². The average molecular weight is 285 g/mol. The fraction of sp³-hybridized carbons (Fsp3) is 0.375. The lowest BCUT2D eigenvalue weighted by molar-refractivity contribution is 0.730. The van der Waals surface area contributed by atoms with Crippen LogP contribution in [0.1, 0.15) is 28.1 Å². The fourth-order valence-corrected chi connectivity index (χ4v) is 2.22. The van der Waals surface area contributed by atoms with E-state index >= 15 is 0 Å². The molecule has 0 unspecified atom stereocenters. The van der Waals surface area contributed by atoms with E-state index in [0.717, 1.165) is 22.6 Å². The number of aromatic nitrogens is 2. The number of aliphatic imine (C=N–C) groups is 1. The van der Waals surface area contributed by atoms with Crippen molar-refractivity contribution in [3.05, 3.63) is 46.3 Å². The Bertz CT molecular complexity index is 682. The van der Waals surface area contributed by atoms with E-state index in [9.17, 15) is 0 Å². The smallest absolute Gasteiger partial charge is 0.193 e. The Balaban J connectivity index is 2.09. The second-order valence-electron chi connectivity index (χ2n) is 5.40. The van der Waals surface area contributed by atoms with Gasteiger partial charge in [-0.2, -0.15) is 5.10 Å². The van der Waals surface area contributed by atoms with E-state index in [1.807, 2.05) is 31.6 Å². The Labute approximate surface area is 125 Å². The normalized spacial score (nSPS) is 11.8. The number of nitrogens with zero attached hydrogens (tertiary/aromatic N) is 3. The van der Waals surface area contributed by atoms with Crippen LogP contribution in [0, 0.1) is 27.7 Å². The van der Waals surface area contributed by atoms with Crippen LogP contribution in [-0.4, -0.2) is 15.7 Å². The molecule has 5 nitrogen and oxygen atoms in total. The van der Waals surface area contributed by atoms with Crippen LogP contribution in [0.2, 0.25) is 0 Å². The van der Waals surface area contributed by atoms with Crippen molar-refractivity contribution in [1.82, 2.24) is 9.78 Å². The van der Waals surface area contributed by atoms with Crippen molar-refractivity contribution < 1.29 is 0 Å². The molecule has 21 heavy (non-hydrogen) atoms. The molecule has 3 N–H and O–H groups in total. The first-order chi connectivity index (χ1) is 9.88. The van der Waals surface area contributed by atoms with Gasteiger partial charge in [0.05, 0.1) is 12.2 Å². The predicted molar refractivity (Wildman–Crippen MR) is 87.5 cm³/mol. The molecular formula is C16H23N5. The highest BCUT2D eigenvalue weighted by Crippen LogP contribution is 2.15. The number of guanidine groups is 1. The average Bonchev–Trinajstić information content (AvgIpc) is 2.66. The first-order valence-corrected chi connectivity index (χ1v) is 7.01. The van der Waals surface area contributed by atoms with Gasteiger partial charge < -0.3 is 11.1 Å². The van der Waals surface area contributed by atoms with Crippen molar-refractivity contribution >= 4 is 11.6 Å². The maximum atomic E-state index is 5.96. The molecule has 0 aliphatic heterocycles. The number of nitrogens with two attached hydrogens (primary N) is 1. The Kier molecular flexibility index (Phi) is 4.31. The molecule has 2 rings (SSSR count). The number of benzene rings is 1. The molecule has 0 bridgehead atoms. The third-order valence-electron chi connectivity index (χ3n) is 3.85. The fourth-order valence-electron chi connectivity index (χ4n) is 2.22. The van der Waals surface area contributed by atoms with Crippen LogP contribution in [-0.2, 0) is 13.6 Å². The summed E-state index contributed by atoms with van der Waals surface area (Å²) in [5, 5.41) is 7.51. The minimum absolute atomic E-state index is 0.418. The van der Waals surface area contributed by atoms with E-state index in [1.54, 1.807) is 0 Å². The van der Waals surface area contributed by atoms with Gasteiger partial charge in [0.15, 0.2) is 5.96 Å². The third kappa shape index (κ3) is 3.42. The second kappa shape index (κ2) is 5.99. The molecule has 5 heteroatoms. The molecule has 1 aromatic carbocycles. The van der Waals surface area contributed by atoms with Crippen LogP contribution in [0.25, 0.3) is 0 Å². The van der Waals surface area contributed by atoms with Crippen molar-refractivity contribution in [2.75, 3.05) is 5.32 Å². The first-order valence-electron chi connectivity index (χ1n) is 7.01. The number of nitrogens with one attached hydrogen (secondary N) is 1. The Morgan fingerprint density at radius 1 is 1.24 bits per heavy atom. The van der Waals surface area contributed by atoms with Gasteiger partial charge in [0.2, 0.25) is 0 Å². The number of rotatable bonds is 3. The van der Waals surface area contributed by atoms with Gasteiger partial charge in [-0.05, 0) is 51.0 Å². The van der Waals surface area contributed by atoms with Gasteiger partial charge in [-0.25, -0.2) is 4.99 Å². The summed E-state index contributed by atoms with van der Waals surface area (Å²) < 4.78 is 1.87. The van der Waals surface area contributed by atoms with Crippen LogP contribution < -0.4 is 11.1 Å². The summed E-state index contributed by atoms with van der Waals surface area (Å²) in [7, 11) is 1.94. The molecule has 0 aliphatic rings. The van der Waals surface area contributed by atoms with Gasteiger partial charge in [0.25, 0.3) is 0 Å². The third-order valence-corrected chi connectivity index (χ3v) is 3.85. The van der Waals surface area contributed by atoms with Crippen LogP contribution in [0.5, 0.6) is 0 Å². The van der Waals surface area contributed by atoms with E-state index in [4.69, 9.17) is 5.73 Å². The SMILES string of the molecule is Cc1ccc(NC(N)=NCc2c(C)nn(C)c2C)cc1C. The zero-order valence-electron chi connectivity index (χ0n) is 13.4. The number of aryl methyl sites for hydroxylation is 4. The van der Waals surface area contributed by atoms with Crippen LogP contribution >= 0.6 is 0 Å². The van der Waals surface area contributed by atoms with E-state index in [2.05, 4.69) is 41.4 Å². The Morgan fingerprint density at radius 2 is 1.95 bits per heavy atom. The van der Waals surface area contributed by atoms with Gasteiger partial charge in [0.1, 0.15) is 0 Å². The summed E-state index contributed by atoms with van der Waals surface area (Å²) in [6.45, 7) is 8.73. The summed E-state index contributed by atoms with van der Waals surface area (Å²) in [4.78, 5) is 4.41. The first kappa shape index (κ1) is 15.1. The summed E-state index contributed by atoms with van der Waals surface area (Å²) >= 11 is 0. The molecule has 1 heterocycles. The quantitative estimate of drug-likeness (QED) is 0.673. The molecule has 0 fully saturated rings. The van der Waals surface area contributed by atoms with E-state index < -0.39 is 0 Å². The molecule has 0 spiro atoms. The van der Waals surface area contributed by atoms with Crippen molar-refractivity contribution in [1.29, 1.82) is 0 Å². The summed E-state index contributed by atoms with van der Waals surface area (Å²) in [6, 6.07) is 6.14. The molecule has 2 aromatic rings. The van der Waals surface area contributed by atoms with Crippen molar-refractivity contribution in [3.8, 4) is 0 Å². The molecule has 0 amide bonds. The van der Waals surface area contributed by atoms with Gasteiger partial charge in [0, 0.05) is 24.0 Å². The van der Waals surface area contributed by atoms with E-state index in [0.29, 0.717) is 12.5 Å². The molecule has 1 aromatic heterocycles. The maximum Gasteiger partial charge on any atom is 0.193 e. The van der Waals surface area contributed by atoms with Gasteiger partial charge >= 0.3 is 0 Å². The van der Waals surface area contributed by atoms with Crippen LogP contribution in [0.3, 0.4) is 0 Å². The minimum Gasteiger partial charge on any atom is -0.370 e. The summed E-state index contributed by atoms with van der Waals surface area (Å²) in [5.41, 5.74) is 12.7. The van der Waals surface area contributed by atoms with Crippen molar-refractivity contribution in [3.63, 3.8) is 0 Å². The number of hydrogen-bond donors (Lipinski definition) is 2. The molecule has 0 saturated heterocycles. The molecule has 0 atom stereocenters. The molecule has 0 saturated carbocycles. The van der Waals surface area contributed by atoms with E-state index in [-0.39, 0.29) is 0 Å². The summed E-state index contributed by atoms with van der Waals surface area (Å²) in [5.74, 6) is 0.418. The molecule has 0 radical (unpaired) electrons. The minimum atomic E-state index is 0.418. The zero-order valence-corrected chi connectivity index (χ0v) is 13.4. The Hall–Kier alpha value is -2.30. The van der Waals surface area contributed by atoms with Crippen LogP contribution in [0.4, 0.5) is 5.69 Å². The summed E-state index contributed by atoms with van der Waals surface area (Å²) in [6.07, 6.45) is 0. The predicted octanol–water partition coefficient (Wildman–Crippen LogP) is 2.58. The highest BCUT2D eigenvalue weighted by Gasteiger charge is 2.08. The van der Waals surface area contributed by atoms with Crippen molar-refractivity contribution in [2.45, 2.75) is 34.2 Å². The molecular weight excluding hydrogens is 262 g/mol. The number of hydrogen-bond acceptors (Lipinski definition) is 2. The van der Waals surface area contributed by atoms with Crippen molar-refractivity contribution in [2.24, 2.45) is 17.8 Å². The van der Waals surface area contributed by atoms with Gasteiger partial charge in [-0.1, -0.05) is 6.07 Å². The lowest BCUT2D eigenvalue weighted by Crippen LogP contribution is -2.22. The number of anilines is 1. The Morgan fingerprint density at radius 3 is 2.52 bits per heavy atom. The highest BCUT2D eigenvalue weighted by molar-refractivity contribution is 5.92. The maximum absolute atomic E-state index is 5.96. The molecule has 112 valence electrons. The zero-order chi connectivity index (χ0) is 15.6. The van der Waals surface area contributed by atoms with Gasteiger partial charge in [-0.15, -0.1) is 0 Å². The topological polar surface area (TPSA) is 68.2 Å². The highest BCUT2D eigenvalue weighted by atomic mass is 15.3. The monoisotopic (exact) mass is 285 g/mol. The lowest BCUT2D eigenvalue weighted by atomic mass is 10.1. The molecule has 0 aliphatic carbocycles.